The largest absolute Gasteiger partial charge is 0.480 e. The number of aromatic nitrogens is 3. The molecule has 3 aromatic heterocycles. The third-order valence-corrected chi connectivity index (χ3v) is 7.97. The molecule has 0 bridgehead atoms. The molecular weight excluding hydrogens is 561 g/mol. The van der Waals surface area contributed by atoms with Crippen molar-refractivity contribution in [2.24, 2.45) is 0 Å². The number of nitrogens with zero attached hydrogens (tertiary/aromatic N) is 3. The maximum atomic E-state index is 12.5. The minimum atomic E-state index is -0.422. The summed E-state index contributed by atoms with van der Waals surface area (Å²) >= 11 is 13.5. The lowest BCUT2D eigenvalue weighted by atomic mass is 9.93. The van der Waals surface area contributed by atoms with Gasteiger partial charge in [-0.2, -0.15) is 0 Å². The van der Waals surface area contributed by atoms with Gasteiger partial charge < -0.3 is 4.74 Å². The van der Waals surface area contributed by atoms with Crippen LogP contribution in [-0.4, -0.2) is 34.1 Å². The number of pyridine rings is 2. The van der Waals surface area contributed by atoms with Gasteiger partial charge in [0, 0.05) is 23.5 Å². The van der Waals surface area contributed by atoms with E-state index < -0.39 is 5.56 Å². The zero-order chi connectivity index (χ0) is 28.7. The van der Waals surface area contributed by atoms with Crippen LogP contribution in [0, 0.1) is 0 Å². The van der Waals surface area contributed by atoms with Crippen LogP contribution in [0.1, 0.15) is 44.0 Å². The topological polar surface area (TPSA) is 90.6 Å². The summed E-state index contributed by atoms with van der Waals surface area (Å²) in [6.45, 7) is 0. The number of methoxy groups -OCH3 is 1. The van der Waals surface area contributed by atoms with Gasteiger partial charge in [0.1, 0.15) is 5.65 Å². The zero-order valence-corrected chi connectivity index (χ0v) is 23.2. The number of ether oxygens (including phenoxy) is 1. The molecular formula is C32H21Cl2N3O4. The summed E-state index contributed by atoms with van der Waals surface area (Å²) in [6, 6.07) is 17.1. The zero-order valence-electron chi connectivity index (χ0n) is 21.7. The van der Waals surface area contributed by atoms with Gasteiger partial charge in [0.05, 0.1) is 34.0 Å². The van der Waals surface area contributed by atoms with Crippen molar-refractivity contribution >= 4 is 53.1 Å². The van der Waals surface area contributed by atoms with Gasteiger partial charge in [0.25, 0.3) is 5.56 Å². The highest BCUT2D eigenvalue weighted by molar-refractivity contribution is 6.36. The van der Waals surface area contributed by atoms with Gasteiger partial charge >= 0.3 is 0 Å². The normalized spacial score (nSPS) is 13.4. The van der Waals surface area contributed by atoms with Gasteiger partial charge in [-0.25, -0.2) is 9.97 Å². The Morgan fingerprint density at radius 1 is 0.902 bits per heavy atom. The fourth-order valence-corrected chi connectivity index (χ4v) is 5.82. The predicted octanol–water partition coefficient (Wildman–Crippen LogP) is 6.85. The van der Waals surface area contributed by atoms with E-state index in [4.69, 9.17) is 27.9 Å². The summed E-state index contributed by atoms with van der Waals surface area (Å²) in [5, 5.41) is 0.948. The smallest absolute Gasteiger partial charge is 0.268 e. The van der Waals surface area contributed by atoms with Crippen molar-refractivity contribution in [3.8, 4) is 28.1 Å². The Morgan fingerprint density at radius 3 is 2.39 bits per heavy atom. The van der Waals surface area contributed by atoms with Crippen LogP contribution in [-0.2, 0) is 6.42 Å². The van der Waals surface area contributed by atoms with Crippen LogP contribution in [0.25, 0.3) is 39.6 Å². The Labute approximate surface area is 244 Å². The molecule has 9 heteroatoms. The third kappa shape index (κ3) is 4.63. The van der Waals surface area contributed by atoms with Crippen molar-refractivity contribution in [1.82, 2.24) is 14.4 Å². The van der Waals surface area contributed by atoms with Gasteiger partial charge in [0.2, 0.25) is 5.88 Å². The first-order valence-corrected chi connectivity index (χ1v) is 13.5. The second-order valence-corrected chi connectivity index (χ2v) is 10.3. The van der Waals surface area contributed by atoms with E-state index in [1.165, 1.54) is 23.3 Å². The summed E-state index contributed by atoms with van der Waals surface area (Å²) < 4.78 is 6.60. The summed E-state index contributed by atoms with van der Waals surface area (Å²) in [4.78, 5) is 43.7. The lowest BCUT2D eigenvalue weighted by molar-refractivity contribution is 0.111. The standard InChI is InChI=1S/C32H21Cl2N3O4/c1-41-31-20(16-38)12-27(33)28(36-31)13-18-8-9-25-22(18)4-2-6-24(25)26-7-3-5-23(30(26)34)19-10-11-37-29(14-19)35-15-21(17-39)32(37)40/h2-7,10-17H,8-9H2,1H3. The molecule has 0 atom stereocenters. The van der Waals surface area contributed by atoms with Crippen LogP contribution < -0.4 is 10.3 Å². The fourth-order valence-electron chi connectivity index (χ4n) is 5.27. The quantitative estimate of drug-likeness (QED) is 0.204. The maximum Gasteiger partial charge on any atom is 0.268 e. The van der Waals surface area contributed by atoms with Gasteiger partial charge in [-0.1, -0.05) is 59.6 Å². The summed E-state index contributed by atoms with van der Waals surface area (Å²) in [7, 11) is 1.47. The van der Waals surface area contributed by atoms with E-state index in [0.717, 1.165) is 46.2 Å². The van der Waals surface area contributed by atoms with Crippen LogP contribution in [0.5, 0.6) is 5.88 Å². The van der Waals surface area contributed by atoms with Crippen molar-refractivity contribution in [3.63, 3.8) is 0 Å². The Morgan fingerprint density at radius 2 is 1.63 bits per heavy atom. The highest BCUT2D eigenvalue weighted by Gasteiger charge is 2.23. The molecule has 2 aromatic carbocycles. The molecule has 0 saturated carbocycles. The van der Waals surface area contributed by atoms with E-state index in [9.17, 15) is 14.4 Å². The minimum Gasteiger partial charge on any atom is -0.480 e. The Hall–Kier alpha value is -4.59. The number of hydrogen-bond donors (Lipinski definition) is 0. The van der Waals surface area contributed by atoms with Crippen molar-refractivity contribution < 1.29 is 14.3 Å². The average Bonchev–Trinajstić information content (AvgIpc) is 3.41. The van der Waals surface area contributed by atoms with Crippen molar-refractivity contribution in [3.05, 3.63) is 115 Å². The number of carbonyl (C=O) groups is 2. The second-order valence-electron chi connectivity index (χ2n) is 9.52. The first kappa shape index (κ1) is 26.6. The molecule has 0 fully saturated rings. The maximum absolute atomic E-state index is 12.5. The highest BCUT2D eigenvalue weighted by Crippen LogP contribution is 2.43. The molecule has 0 unspecified atom stereocenters. The summed E-state index contributed by atoms with van der Waals surface area (Å²) in [5.74, 6) is 0.227. The predicted molar refractivity (Wildman–Crippen MR) is 160 cm³/mol. The first-order chi connectivity index (χ1) is 19.9. The third-order valence-electron chi connectivity index (χ3n) is 7.26. The number of halogens is 2. The molecule has 5 aromatic rings. The molecule has 7 nitrogen and oxygen atoms in total. The van der Waals surface area contributed by atoms with Gasteiger partial charge in [0.15, 0.2) is 12.6 Å². The van der Waals surface area contributed by atoms with Gasteiger partial charge in [-0.3, -0.25) is 18.8 Å². The van der Waals surface area contributed by atoms with Gasteiger partial charge in [-0.05, 0) is 64.9 Å². The number of benzene rings is 2. The van der Waals surface area contributed by atoms with Crippen LogP contribution in [0.2, 0.25) is 10.0 Å². The van der Waals surface area contributed by atoms with Crippen LogP contribution in [0.3, 0.4) is 0 Å². The van der Waals surface area contributed by atoms with E-state index >= 15 is 0 Å². The summed E-state index contributed by atoms with van der Waals surface area (Å²) in [5.41, 5.74) is 7.65. The Bertz CT molecular complexity index is 1980. The fraction of sp³-hybridized carbons (Fsp3) is 0.0938. The number of fused-ring (bicyclic) bond motifs is 2. The van der Waals surface area contributed by atoms with E-state index in [1.54, 1.807) is 24.4 Å². The van der Waals surface area contributed by atoms with Crippen LogP contribution in [0.4, 0.5) is 0 Å². The molecule has 0 N–H and O–H groups in total. The molecule has 202 valence electrons. The molecule has 6 rings (SSSR count). The first-order valence-electron chi connectivity index (χ1n) is 12.7. The Balaban J connectivity index is 1.42. The summed E-state index contributed by atoms with van der Waals surface area (Å²) in [6.07, 6.45) is 7.58. The molecule has 41 heavy (non-hydrogen) atoms. The molecule has 0 radical (unpaired) electrons. The number of allylic oxidation sites excluding steroid dienone is 1. The van der Waals surface area contributed by atoms with E-state index in [-0.39, 0.29) is 11.4 Å². The number of hydrogen-bond acceptors (Lipinski definition) is 6. The van der Waals surface area contributed by atoms with E-state index in [1.807, 2.05) is 30.3 Å². The number of aldehydes is 2. The lowest BCUT2D eigenvalue weighted by Gasteiger charge is -2.14. The van der Waals surface area contributed by atoms with Crippen LogP contribution in [0.15, 0.2) is 71.8 Å². The minimum absolute atomic E-state index is 0.00296. The molecule has 1 aliphatic carbocycles. The van der Waals surface area contributed by atoms with E-state index in [0.29, 0.717) is 39.5 Å². The van der Waals surface area contributed by atoms with Crippen LogP contribution >= 0.6 is 23.2 Å². The van der Waals surface area contributed by atoms with Crippen molar-refractivity contribution in [1.29, 1.82) is 0 Å². The molecule has 0 saturated heterocycles. The molecule has 0 aliphatic heterocycles. The Kier molecular flexibility index (Phi) is 6.99. The second kappa shape index (κ2) is 10.8. The molecule has 3 heterocycles. The monoisotopic (exact) mass is 581 g/mol. The van der Waals surface area contributed by atoms with Crippen molar-refractivity contribution in [2.75, 3.05) is 7.11 Å². The number of carbonyl (C=O) groups excluding carboxylic acids is 2. The lowest BCUT2D eigenvalue weighted by Crippen LogP contribution is -2.18. The SMILES string of the molecule is COc1nc(C=C2CCc3c2cccc3-c2cccc(-c3ccn4c(=O)c(C=O)cnc4c3)c2Cl)c(Cl)cc1C=O. The van der Waals surface area contributed by atoms with Crippen molar-refractivity contribution in [2.45, 2.75) is 12.8 Å². The average molecular weight is 582 g/mol. The molecule has 1 aliphatic rings. The van der Waals surface area contributed by atoms with E-state index in [2.05, 4.69) is 22.1 Å². The van der Waals surface area contributed by atoms with Gasteiger partial charge in [-0.15, -0.1) is 0 Å². The number of rotatable bonds is 6. The highest BCUT2D eigenvalue weighted by atomic mass is 35.5. The molecule has 0 amide bonds. The molecule has 0 spiro atoms.